The number of aliphatic hydroxyl groups is 1. The van der Waals surface area contributed by atoms with Crippen molar-refractivity contribution >= 4 is 32.5 Å². The van der Waals surface area contributed by atoms with E-state index < -0.39 is 10.0 Å². The SMILES string of the molecule is Cc1cc(C)c(S(=O)(=O)NC[C@@H](C)Nc2cc(C)cc3c2cnn3-c2ccc(C(=O)N3CCC(CO)CC3)cc2)c(C)c1. The zero-order valence-corrected chi connectivity index (χ0v) is 26.3. The van der Waals surface area contributed by atoms with E-state index in [1.165, 1.54) is 0 Å². The molecule has 10 heteroatoms. The summed E-state index contributed by atoms with van der Waals surface area (Å²) in [5.74, 6) is 0.287. The van der Waals surface area contributed by atoms with Gasteiger partial charge in [-0.1, -0.05) is 17.7 Å². The molecular formula is C33H41N5O4S. The maximum atomic E-state index is 13.2. The van der Waals surface area contributed by atoms with Crippen molar-refractivity contribution in [2.45, 2.75) is 58.4 Å². The van der Waals surface area contributed by atoms with Crippen LogP contribution in [0.15, 0.2) is 59.6 Å². The van der Waals surface area contributed by atoms with Crippen LogP contribution in [0.2, 0.25) is 0 Å². The standard InChI is InChI=1S/C33H41N5O4S/c1-21-14-23(3)32(24(4)15-21)43(41,42)35-18-25(5)36-30-16-22(2)17-31-29(30)19-34-38(31)28-8-6-27(7-9-28)33(40)37-12-10-26(20-39)11-13-37/h6-9,14-17,19,25-26,35-36,39H,10-13,18,20H2,1-5H3/t25-/m1/s1. The third kappa shape index (κ3) is 6.61. The molecule has 9 nitrogen and oxygen atoms in total. The molecule has 43 heavy (non-hydrogen) atoms. The summed E-state index contributed by atoms with van der Waals surface area (Å²) in [7, 11) is -3.67. The van der Waals surface area contributed by atoms with Crippen LogP contribution in [0.1, 0.15) is 52.4 Å². The van der Waals surface area contributed by atoms with Gasteiger partial charge in [-0.05, 0) is 106 Å². The predicted octanol–water partition coefficient (Wildman–Crippen LogP) is 4.88. The Balaban J connectivity index is 1.30. The molecule has 0 aliphatic carbocycles. The Kier molecular flexibility index (Phi) is 8.91. The van der Waals surface area contributed by atoms with Gasteiger partial charge in [0.1, 0.15) is 0 Å². The highest BCUT2D eigenvalue weighted by molar-refractivity contribution is 7.89. The van der Waals surface area contributed by atoms with Crippen molar-refractivity contribution in [3.63, 3.8) is 0 Å². The molecule has 2 heterocycles. The fourth-order valence-electron chi connectivity index (χ4n) is 6.05. The molecule has 1 aliphatic heterocycles. The van der Waals surface area contributed by atoms with E-state index in [2.05, 4.69) is 21.2 Å². The lowest BCUT2D eigenvalue weighted by molar-refractivity contribution is 0.0651. The number of sulfonamides is 1. The van der Waals surface area contributed by atoms with Crippen LogP contribution in [0, 0.1) is 33.6 Å². The highest BCUT2D eigenvalue weighted by Gasteiger charge is 2.24. The van der Waals surface area contributed by atoms with Crippen molar-refractivity contribution in [3.05, 3.63) is 82.5 Å². The Hall–Kier alpha value is -3.73. The molecule has 5 rings (SSSR count). The number of nitrogens with zero attached hydrogens (tertiary/aromatic N) is 3. The highest BCUT2D eigenvalue weighted by Crippen LogP contribution is 2.29. The number of nitrogens with one attached hydrogen (secondary N) is 2. The van der Waals surface area contributed by atoms with E-state index in [0.717, 1.165) is 57.4 Å². The average Bonchev–Trinajstić information content (AvgIpc) is 3.39. The summed E-state index contributed by atoms with van der Waals surface area (Å²) in [5.41, 5.74) is 6.79. The Morgan fingerprint density at radius 2 is 1.63 bits per heavy atom. The van der Waals surface area contributed by atoms with Crippen molar-refractivity contribution in [2.24, 2.45) is 5.92 Å². The number of likely N-dealkylation sites (tertiary alicyclic amines) is 1. The Morgan fingerprint density at radius 3 is 2.26 bits per heavy atom. The summed E-state index contributed by atoms with van der Waals surface area (Å²) in [6, 6.07) is 15.2. The topological polar surface area (TPSA) is 117 Å². The van der Waals surface area contributed by atoms with Crippen molar-refractivity contribution in [2.75, 3.05) is 31.6 Å². The minimum absolute atomic E-state index is 0.00732. The maximum absolute atomic E-state index is 13.2. The molecular weight excluding hydrogens is 562 g/mol. The van der Waals surface area contributed by atoms with E-state index >= 15 is 0 Å². The number of benzene rings is 3. The first-order chi connectivity index (χ1) is 20.5. The van der Waals surface area contributed by atoms with E-state index in [1.807, 2.05) is 86.7 Å². The number of piperidine rings is 1. The summed E-state index contributed by atoms with van der Waals surface area (Å²) in [6.07, 6.45) is 3.45. The van der Waals surface area contributed by atoms with Crippen LogP contribution >= 0.6 is 0 Å². The Morgan fingerprint density at radius 1 is 1.00 bits per heavy atom. The van der Waals surface area contributed by atoms with Gasteiger partial charge in [0, 0.05) is 48.9 Å². The second-order valence-corrected chi connectivity index (χ2v) is 13.6. The van der Waals surface area contributed by atoms with E-state index in [4.69, 9.17) is 0 Å². The number of aliphatic hydroxyl groups excluding tert-OH is 1. The van der Waals surface area contributed by atoms with Crippen LogP contribution in [0.25, 0.3) is 16.6 Å². The Bertz CT molecular complexity index is 1720. The number of anilines is 1. The molecule has 1 fully saturated rings. The third-order valence-corrected chi connectivity index (χ3v) is 9.93. The second-order valence-electron chi connectivity index (χ2n) is 11.9. The zero-order valence-electron chi connectivity index (χ0n) is 25.5. The number of carbonyl (C=O) groups excluding carboxylic acids is 1. The fraction of sp³-hybridized carbons (Fsp3) is 0.394. The van der Waals surface area contributed by atoms with E-state index in [-0.39, 0.29) is 31.0 Å². The molecule has 3 aromatic carbocycles. The van der Waals surface area contributed by atoms with Crippen LogP contribution in [0.4, 0.5) is 5.69 Å². The number of aryl methyl sites for hydroxylation is 4. The van der Waals surface area contributed by atoms with Gasteiger partial charge >= 0.3 is 0 Å². The molecule has 4 aromatic rings. The van der Waals surface area contributed by atoms with Gasteiger partial charge in [-0.15, -0.1) is 0 Å². The van der Waals surface area contributed by atoms with Gasteiger partial charge in [0.25, 0.3) is 5.91 Å². The largest absolute Gasteiger partial charge is 0.396 e. The molecule has 0 unspecified atom stereocenters. The number of aromatic nitrogens is 2. The molecule has 1 saturated heterocycles. The van der Waals surface area contributed by atoms with Crippen LogP contribution in [0.5, 0.6) is 0 Å². The molecule has 1 atom stereocenters. The first kappa shape index (κ1) is 30.7. The number of hydrogen-bond donors (Lipinski definition) is 3. The number of rotatable bonds is 9. The lowest BCUT2D eigenvalue weighted by atomic mass is 9.97. The van der Waals surface area contributed by atoms with Crippen molar-refractivity contribution < 1.29 is 18.3 Å². The van der Waals surface area contributed by atoms with Crippen LogP contribution < -0.4 is 10.0 Å². The molecule has 228 valence electrons. The second kappa shape index (κ2) is 12.5. The lowest BCUT2D eigenvalue weighted by Gasteiger charge is -2.31. The van der Waals surface area contributed by atoms with Gasteiger partial charge in [0.05, 0.1) is 22.3 Å². The minimum atomic E-state index is -3.67. The highest BCUT2D eigenvalue weighted by atomic mass is 32.2. The molecule has 1 amide bonds. The number of fused-ring (bicyclic) bond motifs is 1. The number of carbonyl (C=O) groups is 1. The molecule has 0 bridgehead atoms. The monoisotopic (exact) mass is 603 g/mol. The van der Waals surface area contributed by atoms with Gasteiger partial charge in [-0.25, -0.2) is 17.8 Å². The zero-order chi connectivity index (χ0) is 30.9. The quantitative estimate of drug-likeness (QED) is 0.251. The maximum Gasteiger partial charge on any atom is 0.253 e. The minimum Gasteiger partial charge on any atom is -0.396 e. The van der Waals surface area contributed by atoms with Crippen molar-refractivity contribution in [1.82, 2.24) is 19.4 Å². The summed E-state index contributed by atoms with van der Waals surface area (Å²) < 4.78 is 31.0. The first-order valence-corrected chi connectivity index (χ1v) is 16.3. The molecule has 3 N–H and O–H groups in total. The molecule has 1 aliphatic rings. The van der Waals surface area contributed by atoms with Crippen LogP contribution in [-0.4, -0.2) is 66.4 Å². The van der Waals surface area contributed by atoms with E-state index in [9.17, 15) is 18.3 Å². The van der Waals surface area contributed by atoms with E-state index in [0.29, 0.717) is 23.5 Å². The van der Waals surface area contributed by atoms with Gasteiger partial charge in [-0.2, -0.15) is 5.10 Å². The van der Waals surface area contributed by atoms with Gasteiger partial charge in [0.2, 0.25) is 10.0 Å². The number of hydrogen-bond acceptors (Lipinski definition) is 6. The molecule has 0 radical (unpaired) electrons. The third-order valence-electron chi connectivity index (χ3n) is 8.21. The molecule has 0 spiro atoms. The van der Waals surface area contributed by atoms with Crippen molar-refractivity contribution in [3.8, 4) is 5.69 Å². The normalized spacial score (nSPS) is 15.2. The molecule has 0 saturated carbocycles. The van der Waals surface area contributed by atoms with Crippen LogP contribution in [0.3, 0.4) is 0 Å². The lowest BCUT2D eigenvalue weighted by Crippen LogP contribution is -2.39. The fourth-order valence-corrected chi connectivity index (χ4v) is 7.63. The van der Waals surface area contributed by atoms with Crippen LogP contribution in [-0.2, 0) is 10.0 Å². The summed E-state index contributed by atoms with van der Waals surface area (Å²) in [5, 5.41) is 18.4. The summed E-state index contributed by atoms with van der Waals surface area (Å²) in [4.78, 5) is 15.2. The van der Waals surface area contributed by atoms with E-state index in [1.54, 1.807) is 6.20 Å². The predicted molar refractivity (Wildman–Crippen MR) is 170 cm³/mol. The first-order valence-electron chi connectivity index (χ1n) is 14.8. The van der Waals surface area contributed by atoms with Gasteiger partial charge < -0.3 is 15.3 Å². The smallest absolute Gasteiger partial charge is 0.253 e. The molecule has 1 aromatic heterocycles. The average molecular weight is 604 g/mol. The summed E-state index contributed by atoms with van der Waals surface area (Å²) in [6.45, 7) is 11.3. The van der Waals surface area contributed by atoms with Gasteiger partial charge in [-0.3, -0.25) is 4.79 Å². The van der Waals surface area contributed by atoms with Gasteiger partial charge in [0.15, 0.2) is 0 Å². The summed E-state index contributed by atoms with van der Waals surface area (Å²) >= 11 is 0. The Labute approximate surface area is 254 Å². The number of amides is 1. The van der Waals surface area contributed by atoms with Crippen molar-refractivity contribution in [1.29, 1.82) is 0 Å².